The molecule has 1 aromatic carbocycles. The largest absolute Gasteiger partial charge is 0.478 e. The van der Waals surface area contributed by atoms with E-state index in [1.54, 1.807) is 6.20 Å². The van der Waals surface area contributed by atoms with E-state index in [1.807, 2.05) is 24.3 Å². The molecule has 1 heterocycles. The molecule has 2 aromatic rings. The Labute approximate surface area is 108 Å². The molecule has 94 valence electrons. The van der Waals surface area contributed by atoms with Crippen molar-refractivity contribution in [1.29, 1.82) is 0 Å². The molecule has 1 aromatic heterocycles. The molecule has 3 heteroatoms. The number of ether oxygens (including phenoxy) is 1. The van der Waals surface area contributed by atoms with E-state index >= 15 is 0 Å². The molecule has 0 aliphatic rings. The van der Waals surface area contributed by atoms with E-state index in [9.17, 15) is 0 Å². The Morgan fingerprint density at radius 1 is 1.00 bits per heavy atom. The summed E-state index contributed by atoms with van der Waals surface area (Å²) in [6, 6.07) is 16.1. The van der Waals surface area contributed by atoms with E-state index < -0.39 is 0 Å². The van der Waals surface area contributed by atoms with Crippen molar-refractivity contribution in [3.63, 3.8) is 0 Å². The van der Waals surface area contributed by atoms with Crippen molar-refractivity contribution in [2.45, 2.75) is 13.0 Å². The molecular formula is C15H18N2O. The van der Waals surface area contributed by atoms with Crippen LogP contribution >= 0.6 is 0 Å². The van der Waals surface area contributed by atoms with E-state index in [0.717, 1.165) is 19.5 Å². The predicted molar refractivity (Wildman–Crippen MR) is 72.5 cm³/mol. The number of nitrogens with one attached hydrogen (secondary N) is 1. The van der Waals surface area contributed by atoms with Crippen molar-refractivity contribution in [3.8, 4) is 5.88 Å². The van der Waals surface area contributed by atoms with Crippen LogP contribution in [0.5, 0.6) is 5.88 Å². The van der Waals surface area contributed by atoms with Crippen LogP contribution in [0.1, 0.15) is 12.0 Å². The molecule has 0 fully saturated rings. The maximum absolute atomic E-state index is 5.51. The van der Waals surface area contributed by atoms with Crippen LogP contribution in [-0.4, -0.2) is 18.1 Å². The van der Waals surface area contributed by atoms with Crippen LogP contribution in [0.4, 0.5) is 0 Å². The Morgan fingerprint density at radius 2 is 1.83 bits per heavy atom. The fraction of sp³-hybridized carbons (Fsp3) is 0.267. The molecule has 2 rings (SSSR count). The molecule has 0 saturated carbocycles. The van der Waals surface area contributed by atoms with Gasteiger partial charge in [0.05, 0.1) is 6.61 Å². The van der Waals surface area contributed by atoms with Gasteiger partial charge in [0.2, 0.25) is 5.88 Å². The van der Waals surface area contributed by atoms with Gasteiger partial charge in [0.25, 0.3) is 0 Å². The molecule has 0 saturated heterocycles. The standard InChI is InChI=1S/C15H18N2O/c1-2-7-14(8-3-1)13-16-10-6-12-18-15-9-4-5-11-17-15/h1-5,7-9,11,16H,6,10,12-13H2. The fourth-order valence-electron chi connectivity index (χ4n) is 1.63. The molecule has 0 bridgehead atoms. The highest BCUT2D eigenvalue weighted by Crippen LogP contribution is 2.03. The zero-order chi connectivity index (χ0) is 12.5. The predicted octanol–water partition coefficient (Wildman–Crippen LogP) is 2.64. The molecule has 0 aliphatic carbocycles. The van der Waals surface area contributed by atoms with Gasteiger partial charge in [-0.1, -0.05) is 36.4 Å². The number of aromatic nitrogens is 1. The summed E-state index contributed by atoms with van der Waals surface area (Å²) in [5.74, 6) is 0.695. The van der Waals surface area contributed by atoms with Gasteiger partial charge in [-0.3, -0.25) is 0 Å². The molecule has 18 heavy (non-hydrogen) atoms. The minimum absolute atomic E-state index is 0.693. The smallest absolute Gasteiger partial charge is 0.213 e. The third-order valence-corrected chi connectivity index (χ3v) is 2.56. The minimum Gasteiger partial charge on any atom is -0.478 e. The van der Waals surface area contributed by atoms with E-state index in [0.29, 0.717) is 12.5 Å². The summed E-state index contributed by atoms with van der Waals surface area (Å²) in [5, 5.41) is 3.39. The van der Waals surface area contributed by atoms with Gasteiger partial charge in [0.1, 0.15) is 0 Å². The topological polar surface area (TPSA) is 34.1 Å². The third-order valence-electron chi connectivity index (χ3n) is 2.56. The molecule has 0 atom stereocenters. The number of nitrogens with zero attached hydrogens (tertiary/aromatic N) is 1. The first-order valence-corrected chi connectivity index (χ1v) is 6.23. The summed E-state index contributed by atoms with van der Waals surface area (Å²) in [7, 11) is 0. The Bertz CT molecular complexity index is 387. The van der Waals surface area contributed by atoms with Crippen LogP contribution in [0.2, 0.25) is 0 Å². The van der Waals surface area contributed by atoms with Crippen LogP contribution < -0.4 is 10.1 Å². The van der Waals surface area contributed by atoms with Gasteiger partial charge < -0.3 is 10.1 Å². The van der Waals surface area contributed by atoms with E-state index in [-0.39, 0.29) is 0 Å². The Morgan fingerprint density at radius 3 is 2.61 bits per heavy atom. The molecule has 0 aliphatic heterocycles. The summed E-state index contributed by atoms with van der Waals surface area (Å²) in [6.45, 7) is 2.55. The molecule has 0 spiro atoms. The maximum atomic E-state index is 5.51. The summed E-state index contributed by atoms with van der Waals surface area (Å²) in [4.78, 5) is 4.10. The lowest BCUT2D eigenvalue weighted by Gasteiger charge is -2.06. The molecule has 0 unspecified atom stereocenters. The number of hydrogen-bond donors (Lipinski definition) is 1. The van der Waals surface area contributed by atoms with Gasteiger partial charge in [-0.25, -0.2) is 4.98 Å². The lowest BCUT2D eigenvalue weighted by Crippen LogP contribution is -2.17. The summed E-state index contributed by atoms with van der Waals surface area (Å²) < 4.78 is 5.51. The number of benzene rings is 1. The second kappa shape index (κ2) is 7.45. The Kier molecular flexibility index (Phi) is 5.21. The van der Waals surface area contributed by atoms with Gasteiger partial charge in [-0.05, 0) is 24.6 Å². The normalized spacial score (nSPS) is 10.2. The summed E-state index contributed by atoms with van der Waals surface area (Å²) in [6.07, 6.45) is 2.71. The zero-order valence-electron chi connectivity index (χ0n) is 10.4. The highest BCUT2D eigenvalue weighted by molar-refractivity contribution is 5.14. The van der Waals surface area contributed by atoms with Crippen LogP contribution in [0.25, 0.3) is 0 Å². The van der Waals surface area contributed by atoms with Crippen molar-refractivity contribution in [2.24, 2.45) is 0 Å². The van der Waals surface area contributed by atoms with Crippen LogP contribution in [0, 0.1) is 0 Å². The first kappa shape index (κ1) is 12.6. The maximum Gasteiger partial charge on any atom is 0.213 e. The fourth-order valence-corrected chi connectivity index (χ4v) is 1.63. The molecule has 0 radical (unpaired) electrons. The Hall–Kier alpha value is -1.87. The van der Waals surface area contributed by atoms with Crippen LogP contribution in [0.3, 0.4) is 0 Å². The van der Waals surface area contributed by atoms with Gasteiger partial charge in [0.15, 0.2) is 0 Å². The molecule has 3 nitrogen and oxygen atoms in total. The van der Waals surface area contributed by atoms with Gasteiger partial charge in [0, 0.05) is 18.8 Å². The highest BCUT2D eigenvalue weighted by atomic mass is 16.5. The second-order valence-electron chi connectivity index (χ2n) is 4.03. The first-order valence-electron chi connectivity index (χ1n) is 6.23. The van der Waals surface area contributed by atoms with Crippen molar-refractivity contribution in [2.75, 3.05) is 13.2 Å². The number of rotatable bonds is 7. The second-order valence-corrected chi connectivity index (χ2v) is 4.03. The van der Waals surface area contributed by atoms with Crippen molar-refractivity contribution < 1.29 is 4.74 Å². The average Bonchev–Trinajstić information content (AvgIpc) is 2.45. The van der Waals surface area contributed by atoms with Crippen molar-refractivity contribution >= 4 is 0 Å². The Balaban J connectivity index is 1.54. The first-order chi connectivity index (χ1) is 8.95. The number of hydrogen-bond acceptors (Lipinski definition) is 3. The molecular weight excluding hydrogens is 224 g/mol. The van der Waals surface area contributed by atoms with Gasteiger partial charge >= 0.3 is 0 Å². The minimum atomic E-state index is 0.693. The van der Waals surface area contributed by atoms with Crippen LogP contribution in [-0.2, 0) is 6.54 Å². The van der Waals surface area contributed by atoms with E-state index in [2.05, 4.69) is 34.6 Å². The zero-order valence-corrected chi connectivity index (χ0v) is 10.4. The third kappa shape index (κ3) is 4.55. The quantitative estimate of drug-likeness (QED) is 0.758. The van der Waals surface area contributed by atoms with E-state index in [4.69, 9.17) is 4.74 Å². The number of pyridine rings is 1. The SMILES string of the molecule is c1ccc(CNCCCOc2ccccn2)cc1. The summed E-state index contributed by atoms with van der Waals surface area (Å²) in [5.41, 5.74) is 1.31. The van der Waals surface area contributed by atoms with E-state index in [1.165, 1.54) is 5.56 Å². The highest BCUT2D eigenvalue weighted by Gasteiger charge is 1.94. The van der Waals surface area contributed by atoms with Crippen LogP contribution in [0.15, 0.2) is 54.7 Å². The van der Waals surface area contributed by atoms with Gasteiger partial charge in [-0.15, -0.1) is 0 Å². The van der Waals surface area contributed by atoms with Crippen molar-refractivity contribution in [3.05, 3.63) is 60.3 Å². The van der Waals surface area contributed by atoms with Crippen molar-refractivity contribution in [1.82, 2.24) is 10.3 Å². The monoisotopic (exact) mass is 242 g/mol. The lowest BCUT2D eigenvalue weighted by atomic mass is 10.2. The van der Waals surface area contributed by atoms with Gasteiger partial charge in [-0.2, -0.15) is 0 Å². The molecule has 0 amide bonds. The lowest BCUT2D eigenvalue weighted by molar-refractivity contribution is 0.296. The summed E-state index contributed by atoms with van der Waals surface area (Å²) >= 11 is 0. The average molecular weight is 242 g/mol. The molecule has 1 N–H and O–H groups in total.